The largest absolute Gasteiger partial charge is 0.434 e. The topological polar surface area (TPSA) is 66.0 Å². The first-order valence-corrected chi connectivity index (χ1v) is 5.59. The number of aromatic nitrogens is 3. The molecule has 0 atom stereocenters. The summed E-state index contributed by atoms with van der Waals surface area (Å²) in [6.07, 6.45) is 5.06. The second-order valence-electron chi connectivity index (χ2n) is 3.18. The molecule has 2 N–H and O–H groups in total. The maximum Gasteiger partial charge on any atom is 0.242 e. The molecule has 0 aliphatic carbocycles. The molecular formula is C10H11BrN4O. The molecule has 0 bridgehead atoms. The lowest BCUT2D eigenvalue weighted by atomic mass is 10.4. The van der Waals surface area contributed by atoms with Gasteiger partial charge in [0.1, 0.15) is 0 Å². The third-order valence-electron chi connectivity index (χ3n) is 1.99. The molecule has 2 aromatic rings. The summed E-state index contributed by atoms with van der Waals surface area (Å²) in [4.78, 5) is 4.08. The molecule has 0 saturated heterocycles. The van der Waals surface area contributed by atoms with Crippen LogP contribution in [0.5, 0.6) is 11.6 Å². The van der Waals surface area contributed by atoms with Crippen LogP contribution in [0, 0.1) is 0 Å². The highest BCUT2D eigenvalue weighted by Gasteiger charge is 2.06. The Kier molecular flexibility index (Phi) is 3.09. The van der Waals surface area contributed by atoms with Crippen LogP contribution in [0.25, 0.3) is 0 Å². The van der Waals surface area contributed by atoms with E-state index in [2.05, 4.69) is 26.0 Å². The van der Waals surface area contributed by atoms with Gasteiger partial charge in [0.2, 0.25) is 5.88 Å². The molecule has 2 rings (SSSR count). The number of aryl methyl sites for hydroxylation is 1. The first-order chi connectivity index (χ1) is 7.69. The maximum absolute atomic E-state index is 5.76. The lowest BCUT2D eigenvalue weighted by Gasteiger charge is -2.04. The lowest BCUT2D eigenvalue weighted by molar-refractivity contribution is 0.464. The van der Waals surface area contributed by atoms with Gasteiger partial charge in [-0.15, -0.1) is 0 Å². The molecule has 2 heterocycles. The second kappa shape index (κ2) is 4.52. The standard InChI is InChI=1S/C10H11BrN4O/c1-2-15-6-8(5-14-15)16-10-9(12)3-7(11)4-13-10/h3-6H,2,12H2,1H3. The van der Waals surface area contributed by atoms with Gasteiger partial charge >= 0.3 is 0 Å². The summed E-state index contributed by atoms with van der Waals surface area (Å²) < 4.78 is 8.10. The summed E-state index contributed by atoms with van der Waals surface area (Å²) in [6.45, 7) is 2.80. The van der Waals surface area contributed by atoms with Crippen molar-refractivity contribution < 1.29 is 4.74 Å². The van der Waals surface area contributed by atoms with Crippen molar-refractivity contribution in [2.75, 3.05) is 5.73 Å². The fourth-order valence-corrected chi connectivity index (χ4v) is 1.56. The number of halogens is 1. The van der Waals surface area contributed by atoms with Gasteiger partial charge in [0.25, 0.3) is 0 Å². The van der Waals surface area contributed by atoms with E-state index in [1.807, 2.05) is 6.92 Å². The molecule has 0 aliphatic heterocycles. The quantitative estimate of drug-likeness (QED) is 0.939. The van der Waals surface area contributed by atoms with Crippen LogP contribution in [0.2, 0.25) is 0 Å². The van der Waals surface area contributed by atoms with Crippen molar-refractivity contribution in [2.45, 2.75) is 13.5 Å². The van der Waals surface area contributed by atoms with E-state index in [9.17, 15) is 0 Å². The number of nitrogen functional groups attached to an aromatic ring is 1. The Morgan fingerprint density at radius 1 is 1.50 bits per heavy atom. The highest BCUT2D eigenvalue weighted by Crippen LogP contribution is 2.26. The van der Waals surface area contributed by atoms with Gasteiger partial charge < -0.3 is 10.5 Å². The van der Waals surface area contributed by atoms with Gasteiger partial charge in [-0.2, -0.15) is 5.10 Å². The van der Waals surface area contributed by atoms with E-state index in [0.717, 1.165) is 11.0 Å². The smallest absolute Gasteiger partial charge is 0.242 e. The summed E-state index contributed by atoms with van der Waals surface area (Å²) in [5.74, 6) is 1.02. The third kappa shape index (κ3) is 2.33. The zero-order chi connectivity index (χ0) is 11.5. The molecule has 0 unspecified atom stereocenters. The molecule has 0 saturated carbocycles. The fraction of sp³-hybridized carbons (Fsp3) is 0.200. The van der Waals surface area contributed by atoms with E-state index < -0.39 is 0 Å². The van der Waals surface area contributed by atoms with Crippen molar-refractivity contribution in [1.29, 1.82) is 0 Å². The van der Waals surface area contributed by atoms with Crippen LogP contribution < -0.4 is 10.5 Å². The predicted octanol–water partition coefficient (Wildman–Crippen LogP) is 2.43. The molecule has 0 spiro atoms. The Morgan fingerprint density at radius 3 is 2.94 bits per heavy atom. The minimum atomic E-state index is 0.388. The van der Waals surface area contributed by atoms with Gasteiger partial charge in [-0.3, -0.25) is 4.68 Å². The molecule has 0 aliphatic rings. The molecule has 0 aromatic carbocycles. The van der Waals surface area contributed by atoms with E-state index in [1.165, 1.54) is 0 Å². The number of nitrogens with two attached hydrogens (primary N) is 1. The molecular weight excluding hydrogens is 272 g/mol. The number of anilines is 1. The minimum Gasteiger partial charge on any atom is -0.434 e. The molecule has 6 heteroatoms. The number of rotatable bonds is 3. The highest BCUT2D eigenvalue weighted by atomic mass is 79.9. The summed E-state index contributed by atoms with van der Waals surface area (Å²) in [5, 5.41) is 4.09. The Labute approximate surface area is 101 Å². The molecule has 16 heavy (non-hydrogen) atoms. The summed E-state index contributed by atoms with van der Waals surface area (Å²) in [6, 6.07) is 1.74. The number of nitrogens with zero attached hydrogens (tertiary/aromatic N) is 3. The van der Waals surface area contributed by atoms with Gasteiger partial charge in [0.05, 0.1) is 18.1 Å². The van der Waals surface area contributed by atoms with Crippen LogP contribution in [0.15, 0.2) is 29.1 Å². The Bertz CT molecular complexity index is 497. The molecule has 2 aromatic heterocycles. The van der Waals surface area contributed by atoms with Crippen molar-refractivity contribution in [3.63, 3.8) is 0 Å². The van der Waals surface area contributed by atoms with Crippen LogP contribution in [0.4, 0.5) is 5.69 Å². The molecule has 84 valence electrons. The first-order valence-electron chi connectivity index (χ1n) is 4.80. The second-order valence-corrected chi connectivity index (χ2v) is 4.10. The molecule has 0 fully saturated rings. The predicted molar refractivity (Wildman–Crippen MR) is 64.3 cm³/mol. The van der Waals surface area contributed by atoms with Crippen molar-refractivity contribution in [3.8, 4) is 11.6 Å². The van der Waals surface area contributed by atoms with E-state index >= 15 is 0 Å². The summed E-state index contributed by atoms with van der Waals surface area (Å²) in [7, 11) is 0. The van der Waals surface area contributed by atoms with Crippen LogP contribution in [-0.4, -0.2) is 14.8 Å². The Hall–Kier alpha value is -1.56. The van der Waals surface area contributed by atoms with Gasteiger partial charge in [-0.25, -0.2) is 4.98 Å². The van der Waals surface area contributed by atoms with Crippen molar-refractivity contribution in [2.24, 2.45) is 0 Å². The fourth-order valence-electron chi connectivity index (χ4n) is 1.21. The van der Waals surface area contributed by atoms with E-state index in [4.69, 9.17) is 10.5 Å². The average molecular weight is 283 g/mol. The van der Waals surface area contributed by atoms with Crippen LogP contribution in [-0.2, 0) is 6.54 Å². The maximum atomic E-state index is 5.76. The van der Waals surface area contributed by atoms with Gasteiger partial charge in [-0.05, 0) is 28.9 Å². The number of ether oxygens (including phenoxy) is 1. The van der Waals surface area contributed by atoms with Crippen molar-refractivity contribution in [3.05, 3.63) is 29.1 Å². The molecule has 0 amide bonds. The lowest BCUT2D eigenvalue weighted by Crippen LogP contribution is -1.94. The zero-order valence-corrected chi connectivity index (χ0v) is 10.3. The monoisotopic (exact) mass is 282 g/mol. The normalized spacial score (nSPS) is 10.4. The molecule has 0 radical (unpaired) electrons. The summed E-state index contributed by atoms with van der Waals surface area (Å²) >= 11 is 3.28. The SMILES string of the molecule is CCn1cc(Oc2ncc(Br)cc2N)cn1. The van der Waals surface area contributed by atoms with Gasteiger partial charge in [-0.1, -0.05) is 0 Å². The Morgan fingerprint density at radius 2 is 2.31 bits per heavy atom. The van der Waals surface area contributed by atoms with Crippen LogP contribution in [0.3, 0.4) is 0 Å². The third-order valence-corrected chi connectivity index (χ3v) is 2.43. The van der Waals surface area contributed by atoms with Gasteiger partial charge in [0, 0.05) is 17.2 Å². The number of pyridine rings is 1. The first kappa shape index (κ1) is 10.9. The molecule has 5 nitrogen and oxygen atoms in total. The number of hydrogen-bond donors (Lipinski definition) is 1. The number of hydrogen-bond acceptors (Lipinski definition) is 4. The van der Waals surface area contributed by atoms with E-state index in [-0.39, 0.29) is 0 Å². The van der Waals surface area contributed by atoms with Gasteiger partial charge in [0.15, 0.2) is 5.75 Å². The van der Waals surface area contributed by atoms with E-state index in [0.29, 0.717) is 17.3 Å². The van der Waals surface area contributed by atoms with Crippen LogP contribution in [0.1, 0.15) is 6.92 Å². The van der Waals surface area contributed by atoms with Crippen molar-refractivity contribution >= 4 is 21.6 Å². The summed E-state index contributed by atoms with van der Waals surface area (Å²) in [5.41, 5.74) is 6.25. The highest BCUT2D eigenvalue weighted by molar-refractivity contribution is 9.10. The van der Waals surface area contributed by atoms with E-state index in [1.54, 1.807) is 29.3 Å². The minimum absolute atomic E-state index is 0.388. The zero-order valence-electron chi connectivity index (χ0n) is 8.72. The van der Waals surface area contributed by atoms with Crippen molar-refractivity contribution in [1.82, 2.24) is 14.8 Å². The Balaban J connectivity index is 2.20. The van der Waals surface area contributed by atoms with Crippen LogP contribution >= 0.6 is 15.9 Å². The average Bonchev–Trinajstić information content (AvgIpc) is 2.70.